The van der Waals surface area contributed by atoms with Crippen molar-refractivity contribution in [3.63, 3.8) is 0 Å². The van der Waals surface area contributed by atoms with Crippen molar-refractivity contribution in [2.24, 2.45) is 5.73 Å². The van der Waals surface area contributed by atoms with Gasteiger partial charge in [0.2, 0.25) is 5.91 Å². The van der Waals surface area contributed by atoms with Crippen LogP contribution in [0.4, 0.5) is 5.00 Å². The molecule has 3 N–H and O–H groups in total. The Morgan fingerprint density at radius 2 is 2.07 bits per heavy atom. The third-order valence-corrected chi connectivity index (χ3v) is 6.17. The summed E-state index contributed by atoms with van der Waals surface area (Å²) in [5.41, 5.74) is 9.05. The molecule has 0 unspecified atom stereocenters. The van der Waals surface area contributed by atoms with E-state index in [4.69, 9.17) is 5.73 Å². The normalized spacial score (nSPS) is 12.0. The number of imidazole rings is 1. The Bertz CT molecular complexity index is 993. The average molecular weight is 401 g/mol. The average Bonchev–Trinajstić information content (AvgIpc) is 3.26. The van der Waals surface area contributed by atoms with Crippen molar-refractivity contribution in [2.45, 2.75) is 31.2 Å². The zero-order valence-electron chi connectivity index (χ0n) is 15.2. The molecule has 0 aliphatic carbocycles. The van der Waals surface area contributed by atoms with Crippen LogP contribution in [0.2, 0.25) is 0 Å². The number of benzene rings is 1. The molecule has 3 aromatic rings. The highest BCUT2D eigenvalue weighted by Gasteiger charge is 2.21. The number of aryl methyl sites for hydroxylation is 1. The number of primary amides is 1. The molecule has 3 rings (SSSR count). The van der Waals surface area contributed by atoms with Crippen LogP contribution in [0.3, 0.4) is 0 Å². The first kappa shape index (κ1) is 19.2. The van der Waals surface area contributed by atoms with Crippen LogP contribution in [0.15, 0.2) is 47.2 Å². The Kier molecular flexibility index (Phi) is 5.67. The Labute approximate surface area is 165 Å². The first-order valence-electron chi connectivity index (χ1n) is 8.33. The molecule has 0 bridgehead atoms. The van der Waals surface area contributed by atoms with Crippen LogP contribution >= 0.6 is 23.1 Å². The van der Waals surface area contributed by atoms with Gasteiger partial charge in [0.1, 0.15) is 5.00 Å². The molecule has 2 amide bonds. The number of carbonyl (C=O) groups is 2. The molecule has 8 heteroatoms. The van der Waals surface area contributed by atoms with Crippen molar-refractivity contribution in [1.82, 2.24) is 9.55 Å². The lowest BCUT2D eigenvalue weighted by Gasteiger charge is -2.15. The Hall–Kier alpha value is -2.58. The van der Waals surface area contributed by atoms with Crippen LogP contribution in [-0.4, -0.2) is 26.6 Å². The highest BCUT2D eigenvalue weighted by atomic mass is 32.2. The third kappa shape index (κ3) is 4.06. The summed E-state index contributed by atoms with van der Waals surface area (Å²) in [5.74, 6) is -0.766. The minimum atomic E-state index is -0.558. The summed E-state index contributed by atoms with van der Waals surface area (Å²) in [6.07, 6.45) is 3.61. The number of thiophene rings is 1. The lowest BCUT2D eigenvalue weighted by molar-refractivity contribution is -0.115. The van der Waals surface area contributed by atoms with Gasteiger partial charge >= 0.3 is 0 Å². The molecule has 1 atom stereocenters. The summed E-state index contributed by atoms with van der Waals surface area (Å²) in [6, 6.07) is 7.71. The van der Waals surface area contributed by atoms with Crippen LogP contribution in [-0.2, 0) is 4.79 Å². The molecule has 0 saturated carbocycles. The Balaban J connectivity index is 1.77. The number of anilines is 1. The molecule has 0 spiro atoms. The molecule has 0 radical (unpaired) electrons. The number of rotatable bonds is 6. The van der Waals surface area contributed by atoms with Crippen molar-refractivity contribution in [3.8, 4) is 5.69 Å². The van der Waals surface area contributed by atoms with Crippen LogP contribution in [0, 0.1) is 13.8 Å². The Morgan fingerprint density at radius 3 is 2.81 bits per heavy atom. The predicted octanol–water partition coefficient (Wildman–Crippen LogP) is 3.77. The van der Waals surface area contributed by atoms with E-state index in [1.54, 1.807) is 24.6 Å². The quantitative estimate of drug-likeness (QED) is 0.616. The summed E-state index contributed by atoms with van der Waals surface area (Å²) >= 11 is 2.63. The molecule has 0 saturated heterocycles. The standard InChI is InChI=1S/C19H20N4O2S2/c1-11-5-4-6-15(12(11)2)23-9-8-21-19(23)27-13(3)17(25)22-18-14(16(20)24)7-10-26-18/h4-10,13H,1-3H3,(H2,20,24)(H,22,25)/t13-/m0/s1. The molecule has 27 heavy (non-hydrogen) atoms. The molecule has 140 valence electrons. The lowest BCUT2D eigenvalue weighted by atomic mass is 10.1. The van der Waals surface area contributed by atoms with Gasteiger partial charge in [-0.15, -0.1) is 11.3 Å². The molecule has 1 aromatic carbocycles. The van der Waals surface area contributed by atoms with E-state index >= 15 is 0 Å². The largest absolute Gasteiger partial charge is 0.366 e. The smallest absolute Gasteiger partial charge is 0.251 e. The number of thioether (sulfide) groups is 1. The minimum Gasteiger partial charge on any atom is -0.366 e. The molecule has 2 heterocycles. The number of nitrogens with zero attached hydrogens (tertiary/aromatic N) is 2. The molecular weight excluding hydrogens is 380 g/mol. The fourth-order valence-electron chi connectivity index (χ4n) is 2.58. The van der Waals surface area contributed by atoms with Gasteiger partial charge in [-0.3, -0.25) is 14.2 Å². The number of nitrogens with one attached hydrogen (secondary N) is 1. The summed E-state index contributed by atoms with van der Waals surface area (Å²) in [7, 11) is 0. The summed E-state index contributed by atoms with van der Waals surface area (Å²) in [4.78, 5) is 28.4. The van der Waals surface area contributed by atoms with Crippen LogP contribution in [0.25, 0.3) is 5.69 Å². The maximum atomic E-state index is 12.6. The second kappa shape index (κ2) is 7.98. The molecule has 6 nitrogen and oxygen atoms in total. The van der Waals surface area contributed by atoms with Crippen molar-refractivity contribution in [3.05, 3.63) is 58.7 Å². The van der Waals surface area contributed by atoms with E-state index in [0.717, 1.165) is 10.8 Å². The predicted molar refractivity (Wildman–Crippen MR) is 110 cm³/mol. The van der Waals surface area contributed by atoms with Crippen molar-refractivity contribution in [1.29, 1.82) is 0 Å². The molecule has 2 aromatic heterocycles. The zero-order valence-corrected chi connectivity index (χ0v) is 16.9. The minimum absolute atomic E-state index is 0.208. The number of carbonyl (C=O) groups excluding carboxylic acids is 2. The van der Waals surface area contributed by atoms with E-state index in [9.17, 15) is 9.59 Å². The van der Waals surface area contributed by atoms with E-state index < -0.39 is 11.2 Å². The summed E-state index contributed by atoms with van der Waals surface area (Å²) in [6.45, 7) is 5.94. The van der Waals surface area contributed by atoms with Gasteiger partial charge < -0.3 is 11.1 Å². The van der Waals surface area contributed by atoms with E-state index in [1.807, 2.05) is 22.9 Å². The van der Waals surface area contributed by atoms with Gasteiger partial charge in [-0.2, -0.15) is 0 Å². The van der Waals surface area contributed by atoms with Gasteiger partial charge in [0, 0.05) is 12.4 Å². The highest BCUT2D eigenvalue weighted by Crippen LogP contribution is 2.29. The lowest BCUT2D eigenvalue weighted by Crippen LogP contribution is -2.24. The number of hydrogen-bond acceptors (Lipinski definition) is 5. The Morgan fingerprint density at radius 1 is 1.30 bits per heavy atom. The molecule has 0 fully saturated rings. The maximum Gasteiger partial charge on any atom is 0.251 e. The first-order chi connectivity index (χ1) is 12.9. The number of amides is 2. The van der Waals surface area contributed by atoms with Gasteiger partial charge in [-0.1, -0.05) is 23.9 Å². The van der Waals surface area contributed by atoms with Gasteiger partial charge in [-0.25, -0.2) is 4.98 Å². The second-order valence-electron chi connectivity index (χ2n) is 6.08. The molecule has 0 aliphatic rings. The second-order valence-corrected chi connectivity index (χ2v) is 8.30. The number of hydrogen-bond donors (Lipinski definition) is 2. The van der Waals surface area contributed by atoms with Crippen molar-refractivity contribution >= 4 is 39.9 Å². The van der Waals surface area contributed by atoms with Gasteiger partial charge in [0.05, 0.1) is 16.5 Å². The zero-order chi connectivity index (χ0) is 19.6. The van der Waals surface area contributed by atoms with Crippen LogP contribution in [0.5, 0.6) is 0 Å². The molecule has 0 aliphatic heterocycles. The van der Waals surface area contributed by atoms with Crippen LogP contribution in [0.1, 0.15) is 28.4 Å². The fraction of sp³-hybridized carbons (Fsp3) is 0.211. The SMILES string of the molecule is Cc1cccc(-n2ccnc2S[C@@H](C)C(=O)Nc2sccc2C(N)=O)c1C. The van der Waals surface area contributed by atoms with Gasteiger partial charge in [-0.05, 0) is 49.4 Å². The fourth-order valence-corrected chi connectivity index (χ4v) is 4.25. The van der Waals surface area contributed by atoms with E-state index in [-0.39, 0.29) is 5.91 Å². The van der Waals surface area contributed by atoms with Crippen LogP contribution < -0.4 is 11.1 Å². The van der Waals surface area contributed by atoms with Crippen molar-refractivity contribution in [2.75, 3.05) is 5.32 Å². The molecular formula is C19H20N4O2S2. The van der Waals surface area contributed by atoms with E-state index in [0.29, 0.717) is 10.6 Å². The first-order valence-corrected chi connectivity index (χ1v) is 10.1. The maximum absolute atomic E-state index is 12.6. The van der Waals surface area contributed by atoms with Gasteiger partial charge in [0.25, 0.3) is 5.91 Å². The third-order valence-electron chi connectivity index (χ3n) is 4.26. The van der Waals surface area contributed by atoms with Crippen molar-refractivity contribution < 1.29 is 9.59 Å². The number of aromatic nitrogens is 2. The monoisotopic (exact) mass is 400 g/mol. The summed E-state index contributed by atoms with van der Waals surface area (Å²) < 4.78 is 1.98. The topological polar surface area (TPSA) is 90.0 Å². The van der Waals surface area contributed by atoms with E-state index in [2.05, 4.69) is 30.2 Å². The van der Waals surface area contributed by atoms with E-state index in [1.165, 1.54) is 34.2 Å². The van der Waals surface area contributed by atoms with Gasteiger partial charge in [0.15, 0.2) is 5.16 Å². The number of nitrogens with two attached hydrogens (primary N) is 1. The highest BCUT2D eigenvalue weighted by molar-refractivity contribution is 8.00. The summed E-state index contributed by atoms with van der Waals surface area (Å²) in [5, 5.41) is 5.30.